The van der Waals surface area contributed by atoms with Crippen LogP contribution in [0.1, 0.15) is 46.4 Å². The number of aryl methyl sites for hydroxylation is 1. The van der Waals surface area contributed by atoms with Crippen molar-refractivity contribution in [1.82, 2.24) is 4.98 Å². The van der Waals surface area contributed by atoms with Crippen LogP contribution in [0.3, 0.4) is 0 Å². The van der Waals surface area contributed by atoms with Gasteiger partial charge >= 0.3 is 5.97 Å². The van der Waals surface area contributed by atoms with Gasteiger partial charge in [0.05, 0.1) is 35.0 Å². The van der Waals surface area contributed by atoms with Crippen LogP contribution in [0.15, 0.2) is 60.7 Å². The number of hydrogen-bond acceptors (Lipinski definition) is 6. The number of amides is 1. The molecule has 2 aromatic carbocycles. The zero-order chi connectivity index (χ0) is 24.2. The van der Waals surface area contributed by atoms with Crippen LogP contribution < -0.4 is 10.1 Å². The lowest BCUT2D eigenvalue weighted by atomic mass is 10.0. The van der Waals surface area contributed by atoms with Crippen molar-refractivity contribution in [3.05, 3.63) is 76.7 Å². The Hall–Kier alpha value is -3.71. The number of nitrogens with zero attached hydrogens (tertiary/aromatic N) is 1. The molecule has 0 aliphatic heterocycles. The Balaban J connectivity index is 1.72. The Bertz CT molecular complexity index is 1340. The fourth-order valence-electron chi connectivity index (χ4n) is 3.63. The SMILES string of the molecule is CCOC(=O)c1cc(C)sc1NC(=O)c1cc(-c2ccc(OC(C)C)cc2)nc2ccccc12. The minimum atomic E-state index is -0.453. The normalized spacial score (nSPS) is 11.0. The number of fused-ring (bicyclic) bond motifs is 1. The largest absolute Gasteiger partial charge is 0.491 e. The third kappa shape index (κ3) is 5.10. The summed E-state index contributed by atoms with van der Waals surface area (Å²) < 4.78 is 10.9. The minimum Gasteiger partial charge on any atom is -0.491 e. The van der Waals surface area contributed by atoms with Crippen molar-refractivity contribution in [3.8, 4) is 17.0 Å². The summed E-state index contributed by atoms with van der Waals surface area (Å²) in [5.41, 5.74) is 3.09. The number of carbonyl (C=O) groups excluding carboxylic acids is 2. The molecule has 0 atom stereocenters. The summed E-state index contributed by atoms with van der Waals surface area (Å²) in [6, 6.07) is 18.7. The van der Waals surface area contributed by atoms with E-state index in [0.717, 1.165) is 21.6 Å². The van der Waals surface area contributed by atoms with Crippen molar-refractivity contribution in [2.24, 2.45) is 0 Å². The molecule has 7 heteroatoms. The quantitative estimate of drug-likeness (QED) is 0.310. The predicted octanol–water partition coefficient (Wildman–Crippen LogP) is 6.49. The van der Waals surface area contributed by atoms with Gasteiger partial charge in [-0.3, -0.25) is 4.79 Å². The first kappa shape index (κ1) is 23.4. The maximum Gasteiger partial charge on any atom is 0.341 e. The second kappa shape index (κ2) is 10.1. The van der Waals surface area contributed by atoms with Crippen molar-refractivity contribution in [1.29, 1.82) is 0 Å². The Morgan fingerprint density at radius 1 is 1.03 bits per heavy atom. The van der Waals surface area contributed by atoms with E-state index in [9.17, 15) is 9.59 Å². The Morgan fingerprint density at radius 3 is 2.47 bits per heavy atom. The zero-order valence-corrected chi connectivity index (χ0v) is 20.4. The van der Waals surface area contributed by atoms with E-state index in [4.69, 9.17) is 14.5 Å². The van der Waals surface area contributed by atoms with E-state index >= 15 is 0 Å². The predicted molar refractivity (Wildman–Crippen MR) is 136 cm³/mol. The van der Waals surface area contributed by atoms with E-state index in [0.29, 0.717) is 27.3 Å². The number of anilines is 1. The molecule has 0 aliphatic carbocycles. The number of pyridine rings is 1. The molecule has 174 valence electrons. The molecule has 1 N–H and O–H groups in total. The van der Waals surface area contributed by atoms with Crippen molar-refractivity contribution < 1.29 is 19.1 Å². The summed E-state index contributed by atoms with van der Waals surface area (Å²) in [5, 5.41) is 4.12. The molecule has 0 fully saturated rings. The van der Waals surface area contributed by atoms with Crippen LogP contribution in [0.5, 0.6) is 5.75 Å². The average Bonchev–Trinajstić information content (AvgIpc) is 3.18. The van der Waals surface area contributed by atoms with Crippen LogP contribution in [0.25, 0.3) is 22.2 Å². The van der Waals surface area contributed by atoms with Gasteiger partial charge in [0, 0.05) is 15.8 Å². The third-order valence-electron chi connectivity index (χ3n) is 5.06. The molecule has 0 radical (unpaired) electrons. The number of esters is 1. The number of aromatic nitrogens is 1. The second-order valence-electron chi connectivity index (χ2n) is 8.04. The average molecular weight is 475 g/mol. The van der Waals surface area contributed by atoms with Gasteiger partial charge in [0.2, 0.25) is 0 Å². The summed E-state index contributed by atoms with van der Waals surface area (Å²) in [4.78, 5) is 31.5. The maximum atomic E-state index is 13.4. The fraction of sp³-hybridized carbons (Fsp3) is 0.222. The lowest BCUT2D eigenvalue weighted by molar-refractivity contribution is 0.0528. The lowest BCUT2D eigenvalue weighted by Crippen LogP contribution is -2.15. The second-order valence-corrected chi connectivity index (χ2v) is 9.29. The topological polar surface area (TPSA) is 77.5 Å². The van der Waals surface area contributed by atoms with Gasteiger partial charge in [0.1, 0.15) is 10.8 Å². The van der Waals surface area contributed by atoms with Crippen molar-refractivity contribution >= 4 is 39.1 Å². The van der Waals surface area contributed by atoms with Crippen molar-refractivity contribution in [3.63, 3.8) is 0 Å². The highest BCUT2D eigenvalue weighted by Crippen LogP contribution is 2.31. The van der Waals surface area contributed by atoms with Crippen LogP contribution in [0.4, 0.5) is 5.00 Å². The monoisotopic (exact) mass is 474 g/mol. The van der Waals surface area contributed by atoms with Gasteiger partial charge < -0.3 is 14.8 Å². The molecule has 2 heterocycles. The van der Waals surface area contributed by atoms with Gasteiger partial charge in [-0.2, -0.15) is 0 Å². The number of thiophene rings is 1. The molecule has 0 spiro atoms. The molecular formula is C27H26N2O4S. The molecule has 4 rings (SSSR count). The highest BCUT2D eigenvalue weighted by atomic mass is 32.1. The van der Waals surface area contributed by atoms with Crippen LogP contribution >= 0.6 is 11.3 Å². The molecule has 34 heavy (non-hydrogen) atoms. The molecule has 0 unspecified atom stereocenters. The number of hydrogen-bond donors (Lipinski definition) is 1. The third-order valence-corrected chi connectivity index (χ3v) is 6.03. The smallest absolute Gasteiger partial charge is 0.341 e. The van der Waals surface area contributed by atoms with Crippen LogP contribution in [-0.4, -0.2) is 29.6 Å². The highest BCUT2D eigenvalue weighted by molar-refractivity contribution is 7.16. The summed E-state index contributed by atoms with van der Waals surface area (Å²) in [5.74, 6) is 0.00945. The molecule has 0 saturated heterocycles. The minimum absolute atomic E-state index is 0.0836. The molecule has 2 aromatic heterocycles. The van der Waals surface area contributed by atoms with Crippen molar-refractivity contribution in [2.75, 3.05) is 11.9 Å². The van der Waals surface area contributed by atoms with Crippen LogP contribution in [0.2, 0.25) is 0 Å². The molecule has 0 aliphatic rings. The van der Waals surface area contributed by atoms with Gasteiger partial charge in [0.15, 0.2) is 0 Å². The summed E-state index contributed by atoms with van der Waals surface area (Å²) in [7, 11) is 0. The number of carbonyl (C=O) groups is 2. The number of benzene rings is 2. The van der Waals surface area contributed by atoms with Crippen molar-refractivity contribution in [2.45, 2.75) is 33.8 Å². The molecule has 4 aromatic rings. The number of para-hydroxylation sites is 1. The Morgan fingerprint density at radius 2 is 1.76 bits per heavy atom. The maximum absolute atomic E-state index is 13.4. The summed E-state index contributed by atoms with van der Waals surface area (Å²) in [6.07, 6.45) is 0.0836. The number of nitrogens with one attached hydrogen (secondary N) is 1. The molecule has 1 amide bonds. The number of ether oxygens (including phenoxy) is 2. The molecule has 6 nitrogen and oxygen atoms in total. The molecule has 0 saturated carbocycles. The lowest BCUT2D eigenvalue weighted by Gasteiger charge is -2.12. The fourth-order valence-corrected chi connectivity index (χ4v) is 4.52. The Labute approximate surface area is 202 Å². The Kier molecular flexibility index (Phi) is 6.93. The van der Waals surface area contributed by atoms with Crippen LogP contribution in [0, 0.1) is 6.92 Å². The van der Waals surface area contributed by atoms with E-state index in [1.807, 2.05) is 69.3 Å². The van der Waals surface area contributed by atoms with Gasteiger partial charge in [-0.05, 0) is 70.2 Å². The van der Waals surface area contributed by atoms with Gasteiger partial charge in [-0.15, -0.1) is 11.3 Å². The first-order valence-electron chi connectivity index (χ1n) is 11.1. The van der Waals surface area contributed by atoms with Gasteiger partial charge in [-0.25, -0.2) is 9.78 Å². The summed E-state index contributed by atoms with van der Waals surface area (Å²) in [6.45, 7) is 7.86. The first-order valence-corrected chi connectivity index (χ1v) is 11.9. The summed E-state index contributed by atoms with van der Waals surface area (Å²) >= 11 is 1.34. The van der Waals surface area contributed by atoms with Gasteiger partial charge in [0.25, 0.3) is 5.91 Å². The standard InChI is InChI=1S/C27H26N2O4S/c1-5-32-27(31)22-14-17(4)34-26(22)29-25(30)21-15-24(28-23-9-7-6-8-20(21)23)18-10-12-19(13-11-18)33-16(2)3/h6-16H,5H2,1-4H3,(H,29,30). The first-order chi connectivity index (χ1) is 16.4. The van der Waals surface area contributed by atoms with Gasteiger partial charge in [-0.1, -0.05) is 18.2 Å². The van der Waals surface area contributed by atoms with E-state index < -0.39 is 5.97 Å². The molecule has 0 bridgehead atoms. The van der Waals surface area contributed by atoms with E-state index in [-0.39, 0.29) is 18.6 Å². The van der Waals surface area contributed by atoms with Crippen LogP contribution in [-0.2, 0) is 4.74 Å². The van der Waals surface area contributed by atoms with E-state index in [1.54, 1.807) is 19.1 Å². The molecular weight excluding hydrogens is 448 g/mol. The van der Waals surface area contributed by atoms with E-state index in [2.05, 4.69) is 5.32 Å². The number of rotatable bonds is 7. The highest BCUT2D eigenvalue weighted by Gasteiger charge is 2.20. The van der Waals surface area contributed by atoms with E-state index in [1.165, 1.54) is 11.3 Å². The zero-order valence-electron chi connectivity index (χ0n) is 19.5.